The average Bonchev–Trinajstić information content (AvgIpc) is 2.35. The van der Waals surface area contributed by atoms with Gasteiger partial charge in [0.1, 0.15) is 0 Å². The Hall–Kier alpha value is -1.62. The second-order valence-corrected chi connectivity index (χ2v) is 5.25. The van der Waals surface area contributed by atoms with Gasteiger partial charge < -0.3 is 10.4 Å². The van der Waals surface area contributed by atoms with E-state index in [-0.39, 0.29) is 18.2 Å². The molecule has 0 fully saturated rings. The molecule has 0 aromatic heterocycles. The summed E-state index contributed by atoms with van der Waals surface area (Å²) < 4.78 is 0.983. The molecule has 0 saturated heterocycles. The lowest BCUT2D eigenvalue weighted by molar-refractivity contribution is -0.138. The van der Waals surface area contributed by atoms with Gasteiger partial charge in [-0.15, -0.1) is 0 Å². The third-order valence-corrected chi connectivity index (χ3v) is 2.97. The zero-order chi connectivity index (χ0) is 14.3. The minimum Gasteiger partial charge on any atom is -0.481 e. The number of carboxylic acids is 1. The van der Waals surface area contributed by atoms with Crippen LogP contribution >= 0.6 is 15.9 Å². The standard InChI is InChI=1S/C14H16BrNO3/c1-10(8-14(18)19)9-16-13(17)7-4-11-2-5-12(15)6-3-11/h2-7,10H,8-9H2,1H3,(H,16,17)(H,18,19)/b7-4+. The van der Waals surface area contributed by atoms with Crippen molar-refractivity contribution in [3.8, 4) is 0 Å². The van der Waals surface area contributed by atoms with Crippen LogP contribution in [0.3, 0.4) is 0 Å². The number of carbonyl (C=O) groups excluding carboxylic acids is 1. The Morgan fingerprint density at radius 2 is 2.00 bits per heavy atom. The molecule has 19 heavy (non-hydrogen) atoms. The molecular weight excluding hydrogens is 310 g/mol. The van der Waals surface area contributed by atoms with Gasteiger partial charge in [0.05, 0.1) is 0 Å². The van der Waals surface area contributed by atoms with Crippen molar-refractivity contribution in [1.82, 2.24) is 5.32 Å². The highest BCUT2D eigenvalue weighted by molar-refractivity contribution is 9.10. The molecule has 0 bridgehead atoms. The molecule has 1 unspecified atom stereocenters. The summed E-state index contributed by atoms with van der Waals surface area (Å²) in [5, 5.41) is 11.3. The van der Waals surface area contributed by atoms with Gasteiger partial charge in [-0.2, -0.15) is 0 Å². The Kier molecular flexibility index (Phi) is 6.29. The van der Waals surface area contributed by atoms with Crippen LogP contribution in [0.15, 0.2) is 34.8 Å². The molecule has 1 aromatic rings. The molecular formula is C14H16BrNO3. The molecule has 0 heterocycles. The molecule has 0 spiro atoms. The van der Waals surface area contributed by atoms with E-state index >= 15 is 0 Å². The summed E-state index contributed by atoms with van der Waals surface area (Å²) in [7, 11) is 0. The zero-order valence-electron chi connectivity index (χ0n) is 10.6. The number of amides is 1. The Balaban J connectivity index is 2.38. The number of carbonyl (C=O) groups is 2. The van der Waals surface area contributed by atoms with E-state index < -0.39 is 5.97 Å². The maximum Gasteiger partial charge on any atom is 0.303 e. The predicted molar refractivity (Wildman–Crippen MR) is 77.6 cm³/mol. The smallest absolute Gasteiger partial charge is 0.303 e. The van der Waals surface area contributed by atoms with E-state index in [0.29, 0.717) is 6.54 Å². The number of hydrogen-bond donors (Lipinski definition) is 2. The Bertz CT molecular complexity index is 468. The maximum atomic E-state index is 11.5. The van der Waals surface area contributed by atoms with Gasteiger partial charge in [-0.3, -0.25) is 9.59 Å². The van der Waals surface area contributed by atoms with Crippen molar-refractivity contribution in [3.63, 3.8) is 0 Å². The predicted octanol–water partition coefficient (Wildman–Crippen LogP) is 2.69. The molecule has 102 valence electrons. The summed E-state index contributed by atoms with van der Waals surface area (Å²) in [5.41, 5.74) is 0.928. The van der Waals surface area contributed by atoms with Crippen molar-refractivity contribution in [2.45, 2.75) is 13.3 Å². The molecule has 0 saturated carbocycles. The van der Waals surface area contributed by atoms with Gasteiger partial charge in [-0.25, -0.2) is 0 Å². The van der Waals surface area contributed by atoms with E-state index in [9.17, 15) is 9.59 Å². The first-order valence-electron chi connectivity index (χ1n) is 5.90. The topological polar surface area (TPSA) is 66.4 Å². The van der Waals surface area contributed by atoms with Crippen LogP contribution in [0.5, 0.6) is 0 Å². The number of benzene rings is 1. The van der Waals surface area contributed by atoms with Crippen molar-refractivity contribution in [1.29, 1.82) is 0 Å². The van der Waals surface area contributed by atoms with Crippen molar-refractivity contribution >= 4 is 33.9 Å². The van der Waals surface area contributed by atoms with E-state index in [1.807, 2.05) is 24.3 Å². The molecule has 1 rings (SSSR count). The number of rotatable bonds is 6. The lowest BCUT2D eigenvalue weighted by Gasteiger charge is -2.08. The van der Waals surface area contributed by atoms with Gasteiger partial charge in [0.15, 0.2) is 0 Å². The monoisotopic (exact) mass is 325 g/mol. The number of nitrogens with one attached hydrogen (secondary N) is 1. The molecule has 0 aliphatic heterocycles. The van der Waals surface area contributed by atoms with Crippen molar-refractivity contribution in [2.24, 2.45) is 5.92 Å². The van der Waals surface area contributed by atoms with E-state index in [4.69, 9.17) is 5.11 Å². The second kappa shape index (κ2) is 7.74. The first-order valence-corrected chi connectivity index (χ1v) is 6.70. The summed E-state index contributed by atoms with van der Waals surface area (Å²) >= 11 is 3.33. The highest BCUT2D eigenvalue weighted by Crippen LogP contribution is 2.11. The zero-order valence-corrected chi connectivity index (χ0v) is 12.2. The normalized spacial score (nSPS) is 12.3. The first kappa shape index (κ1) is 15.4. The van der Waals surface area contributed by atoms with Gasteiger partial charge in [0.2, 0.25) is 5.91 Å². The molecule has 1 aromatic carbocycles. The highest BCUT2D eigenvalue weighted by Gasteiger charge is 2.07. The lowest BCUT2D eigenvalue weighted by Crippen LogP contribution is -2.27. The summed E-state index contributed by atoms with van der Waals surface area (Å²) in [6.07, 6.45) is 3.21. The summed E-state index contributed by atoms with van der Waals surface area (Å²) in [6.45, 7) is 2.14. The van der Waals surface area contributed by atoms with Crippen LogP contribution in [-0.4, -0.2) is 23.5 Å². The van der Waals surface area contributed by atoms with E-state index in [0.717, 1.165) is 10.0 Å². The third-order valence-electron chi connectivity index (χ3n) is 2.45. The van der Waals surface area contributed by atoms with Crippen LogP contribution in [0.4, 0.5) is 0 Å². The summed E-state index contributed by atoms with van der Waals surface area (Å²) in [6, 6.07) is 7.57. The average molecular weight is 326 g/mol. The second-order valence-electron chi connectivity index (χ2n) is 4.33. The number of halogens is 1. The first-order chi connectivity index (χ1) is 8.97. The molecule has 1 atom stereocenters. The molecule has 5 heteroatoms. The minimum absolute atomic E-state index is 0.0523. The fourth-order valence-electron chi connectivity index (χ4n) is 1.45. The van der Waals surface area contributed by atoms with Crippen LogP contribution < -0.4 is 5.32 Å². The highest BCUT2D eigenvalue weighted by atomic mass is 79.9. The van der Waals surface area contributed by atoms with Gasteiger partial charge in [0, 0.05) is 23.5 Å². The number of carboxylic acid groups (broad SMARTS) is 1. The quantitative estimate of drug-likeness (QED) is 0.790. The van der Waals surface area contributed by atoms with Crippen molar-refractivity contribution in [2.75, 3.05) is 6.54 Å². The van der Waals surface area contributed by atoms with Crippen LogP contribution in [0.25, 0.3) is 6.08 Å². The van der Waals surface area contributed by atoms with Crippen LogP contribution in [0.2, 0.25) is 0 Å². The van der Waals surface area contributed by atoms with Gasteiger partial charge in [-0.1, -0.05) is 35.0 Å². The third kappa shape index (κ3) is 6.76. The largest absolute Gasteiger partial charge is 0.481 e. The van der Waals surface area contributed by atoms with Gasteiger partial charge >= 0.3 is 5.97 Å². The van der Waals surface area contributed by atoms with E-state index in [1.54, 1.807) is 13.0 Å². The molecule has 0 radical (unpaired) electrons. The number of aliphatic carboxylic acids is 1. The molecule has 0 aliphatic rings. The van der Waals surface area contributed by atoms with E-state index in [2.05, 4.69) is 21.2 Å². The van der Waals surface area contributed by atoms with Crippen LogP contribution in [0, 0.1) is 5.92 Å². The molecule has 1 amide bonds. The van der Waals surface area contributed by atoms with E-state index in [1.165, 1.54) is 6.08 Å². The lowest BCUT2D eigenvalue weighted by atomic mass is 10.1. The Morgan fingerprint density at radius 3 is 2.58 bits per heavy atom. The molecule has 0 aliphatic carbocycles. The fraction of sp³-hybridized carbons (Fsp3) is 0.286. The minimum atomic E-state index is -0.854. The maximum absolute atomic E-state index is 11.5. The summed E-state index contributed by atoms with van der Waals surface area (Å²) in [5.74, 6) is -1.16. The Morgan fingerprint density at radius 1 is 1.37 bits per heavy atom. The van der Waals surface area contributed by atoms with Crippen molar-refractivity contribution < 1.29 is 14.7 Å². The van der Waals surface area contributed by atoms with Crippen molar-refractivity contribution in [3.05, 3.63) is 40.4 Å². The van der Waals surface area contributed by atoms with Crippen LogP contribution in [-0.2, 0) is 9.59 Å². The van der Waals surface area contributed by atoms with Gasteiger partial charge in [0.25, 0.3) is 0 Å². The SMILES string of the molecule is CC(CNC(=O)/C=C/c1ccc(Br)cc1)CC(=O)O. The number of hydrogen-bond acceptors (Lipinski definition) is 2. The summed E-state index contributed by atoms with van der Waals surface area (Å²) in [4.78, 5) is 22.0. The fourth-order valence-corrected chi connectivity index (χ4v) is 1.71. The molecule has 4 nitrogen and oxygen atoms in total. The Labute approximate surface area is 120 Å². The molecule has 2 N–H and O–H groups in total. The van der Waals surface area contributed by atoms with Gasteiger partial charge in [-0.05, 0) is 29.7 Å². The van der Waals surface area contributed by atoms with Crippen LogP contribution in [0.1, 0.15) is 18.9 Å².